The predicted molar refractivity (Wildman–Crippen MR) is 85.1 cm³/mol. The van der Waals surface area contributed by atoms with E-state index < -0.39 is 0 Å². The first-order valence-corrected chi connectivity index (χ1v) is 8.38. The Morgan fingerprint density at radius 1 is 1.09 bits per heavy atom. The van der Waals surface area contributed by atoms with E-state index >= 15 is 0 Å². The lowest BCUT2D eigenvalue weighted by Gasteiger charge is -2.29. The molecule has 2 aliphatic heterocycles. The average molecular weight is 318 g/mol. The highest BCUT2D eigenvalue weighted by Crippen LogP contribution is 2.38. The van der Waals surface area contributed by atoms with Crippen LogP contribution in [0.25, 0.3) is 0 Å². The van der Waals surface area contributed by atoms with Crippen LogP contribution in [0.5, 0.6) is 0 Å². The summed E-state index contributed by atoms with van der Waals surface area (Å²) in [7, 11) is 1.73. The minimum Gasteiger partial charge on any atom is -0.342 e. The van der Waals surface area contributed by atoms with Crippen molar-refractivity contribution in [2.75, 3.05) is 20.1 Å². The fourth-order valence-corrected chi connectivity index (χ4v) is 3.73. The molecule has 0 spiro atoms. The van der Waals surface area contributed by atoms with E-state index in [1.807, 2.05) is 4.90 Å². The van der Waals surface area contributed by atoms with Gasteiger partial charge in [0.25, 0.3) is 0 Å². The molecular formula is C18H23FN2O2. The summed E-state index contributed by atoms with van der Waals surface area (Å²) in [6.45, 7) is 1.56. The van der Waals surface area contributed by atoms with Gasteiger partial charge in [-0.25, -0.2) is 4.39 Å². The van der Waals surface area contributed by atoms with Crippen molar-refractivity contribution < 1.29 is 14.0 Å². The van der Waals surface area contributed by atoms with E-state index in [4.69, 9.17) is 0 Å². The van der Waals surface area contributed by atoms with E-state index in [0.29, 0.717) is 0 Å². The quantitative estimate of drug-likeness (QED) is 0.841. The molecule has 0 unspecified atom stereocenters. The molecule has 3 rings (SSSR count). The van der Waals surface area contributed by atoms with E-state index in [0.717, 1.165) is 44.3 Å². The molecular weight excluding hydrogens is 295 g/mol. The standard InChI is InChI=1S/C18H23FN2O2/c1-20-16(22)12-15(17(20)13-6-8-14(19)9-7-13)18(23)21-10-4-2-3-5-11-21/h6-9,15,17H,2-5,10-12H2,1H3/t15-,17-/m1/s1. The van der Waals surface area contributed by atoms with E-state index in [9.17, 15) is 14.0 Å². The number of carbonyl (C=O) groups excluding carboxylic acids is 2. The molecule has 0 radical (unpaired) electrons. The van der Waals surface area contributed by atoms with Gasteiger partial charge in [-0.1, -0.05) is 25.0 Å². The second-order valence-electron chi connectivity index (χ2n) is 6.55. The fourth-order valence-electron chi connectivity index (χ4n) is 3.73. The van der Waals surface area contributed by atoms with Gasteiger partial charge in [0.15, 0.2) is 0 Å². The average Bonchev–Trinajstić information content (AvgIpc) is 2.75. The van der Waals surface area contributed by atoms with Crippen molar-refractivity contribution in [3.8, 4) is 0 Å². The Morgan fingerprint density at radius 3 is 2.30 bits per heavy atom. The van der Waals surface area contributed by atoms with Gasteiger partial charge in [-0.15, -0.1) is 0 Å². The van der Waals surface area contributed by atoms with Crippen molar-refractivity contribution in [3.05, 3.63) is 35.6 Å². The molecule has 0 aromatic heterocycles. The summed E-state index contributed by atoms with van der Waals surface area (Å²) in [4.78, 5) is 28.7. The molecule has 124 valence electrons. The van der Waals surface area contributed by atoms with Crippen LogP contribution in [0, 0.1) is 11.7 Å². The maximum Gasteiger partial charge on any atom is 0.228 e. The number of benzene rings is 1. The molecule has 2 amide bonds. The molecule has 0 saturated carbocycles. The molecule has 4 nitrogen and oxygen atoms in total. The molecule has 5 heteroatoms. The van der Waals surface area contributed by atoms with Crippen LogP contribution in [0.4, 0.5) is 4.39 Å². The number of halogens is 1. The van der Waals surface area contributed by atoms with Gasteiger partial charge in [0, 0.05) is 26.6 Å². The molecule has 1 aromatic carbocycles. The van der Waals surface area contributed by atoms with Gasteiger partial charge in [-0.2, -0.15) is 0 Å². The summed E-state index contributed by atoms with van der Waals surface area (Å²) in [5.74, 6) is -0.626. The monoisotopic (exact) mass is 318 g/mol. The van der Waals surface area contributed by atoms with Gasteiger partial charge in [0.2, 0.25) is 11.8 Å². The Balaban J connectivity index is 1.84. The highest BCUT2D eigenvalue weighted by Gasteiger charge is 2.44. The first-order chi connectivity index (χ1) is 11.1. The summed E-state index contributed by atoms with van der Waals surface area (Å²) >= 11 is 0. The second-order valence-corrected chi connectivity index (χ2v) is 6.55. The Hall–Kier alpha value is -1.91. The van der Waals surface area contributed by atoms with E-state index in [-0.39, 0.29) is 36.0 Å². The lowest BCUT2D eigenvalue weighted by molar-refractivity contribution is -0.136. The zero-order valence-electron chi connectivity index (χ0n) is 13.5. The number of carbonyl (C=O) groups is 2. The summed E-state index contributed by atoms with van der Waals surface area (Å²) in [5, 5.41) is 0. The van der Waals surface area contributed by atoms with Crippen molar-refractivity contribution in [1.82, 2.24) is 9.80 Å². The minimum atomic E-state index is -0.365. The van der Waals surface area contributed by atoms with Crippen molar-refractivity contribution in [2.45, 2.75) is 38.1 Å². The number of rotatable bonds is 2. The van der Waals surface area contributed by atoms with Crippen molar-refractivity contribution >= 4 is 11.8 Å². The first kappa shape index (κ1) is 16.0. The molecule has 23 heavy (non-hydrogen) atoms. The summed E-state index contributed by atoms with van der Waals surface area (Å²) in [6, 6.07) is 5.84. The van der Waals surface area contributed by atoms with Crippen LogP contribution in [-0.2, 0) is 9.59 Å². The molecule has 2 heterocycles. The Morgan fingerprint density at radius 2 is 1.70 bits per heavy atom. The van der Waals surface area contributed by atoms with Crippen LogP contribution in [-0.4, -0.2) is 41.8 Å². The highest BCUT2D eigenvalue weighted by molar-refractivity contribution is 5.90. The number of likely N-dealkylation sites (tertiary alicyclic amines) is 2. The van der Waals surface area contributed by atoms with Crippen molar-refractivity contribution in [3.63, 3.8) is 0 Å². The van der Waals surface area contributed by atoms with Gasteiger partial charge < -0.3 is 9.80 Å². The van der Waals surface area contributed by atoms with Gasteiger partial charge in [0.05, 0.1) is 12.0 Å². The van der Waals surface area contributed by atoms with Gasteiger partial charge >= 0.3 is 0 Å². The molecule has 0 aliphatic carbocycles. The number of hydrogen-bond donors (Lipinski definition) is 0. The molecule has 2 atom stereocenters. The van der Waals surface area contributed by atoms with Crippen LogP contribution in [0.1, 0.15) is 43.7 Å². The lowest BCUT2D eigenvalue weighted by atomic mass is 9.92. The predicted octanol–water partition coefficient (Wildman–Crippen LogP) is 2.75. The van der Waals surface area contributed by atoms with Crippen LogP contribution >= 0.6 is 0 Å². The van der Waals surface area contributed by atoms with E-state index in [1.54, 1.807) is 24.1 Å². The van der Waals surface area contributed by atoms with Gasteiger partial charge in [0.1, 0.15) is 5.82 Å². The third-order valence-corrected chi connectivity index (χ3v) is 5.03. The van der Waals surface area contributed by atoms with Crippen LogP contribution in [0.3, 0.4) is 0 Å². The zero-order valence-corrected chi connectivity index (χ0v) is 13.5. The third kappa shape index (κ3) is 3.23. The highest BCUT2D eigenvalue weighted by atomic mass is 19.1. The smallest absolute Gasteiger partial charge is 0.228 e. The summed E-state index contributed by atoms with van der Waals surface area (Å²) in [6.07, 6.45) is 4.63. The Labute approximate surface area is 136 Å². The maximum absolute atomic E-state index is 13.2. The molecule has 2 fully saturated rings. The van der Waals surface area contributed by atoms with Gasteiger partial charge in [-0.3, -0.25) is 9.59 Å². The SMILES string of the molecule is CN1C(=O)C[C@@H](C(=O)N2CCCCCC2)[C@H]1c1ccc(F)cc1. The second kappa shape index (κ2) is 6.69. The number of hydrogen-bond acceptors (Lipinski definition) is 2. The molecule has 2 aliphatic rings. The summed E-state index contributed by atoms with van der Waals surface area (Å²) in [5.41, 5.74) is 0.827. The number of amides is 2. The van der Waals surface area contributed by atoms with Crippen LogP contribution in [0.2, 0.25) is 0 Å². The van der Waals surface area contributed by atoms with Crippen LogP contribution < -0.4 is 0 Å². The molecule has 2 saturated heterocycles. The Kier molecular flexibility index (Phi) is 4.64. The van der Waals surface area contributed by atoms with Crippen molar-refractivity contribution in [1.29, 1.82) is 0 Å². The Bertz CT molecular complexity index is 579. The molecule has 0 bridgehead atoms. The van der Waals surface area contributed by atoms with E-state index in [1.165, 1.54) is 12.1 Å². The normalized spacial score (nSPS) is 25.6. The molecule has 1 aromatic rings. The number of nitrogens with zero attached hydrogens (tertiary/aromatic N) is 2. The van der Waals surface area contributed by atoms with Crippen molar-refractivity contribution in [2.24, 2.45) is 5.92 Å². The maximum atomic E-state index is 13.2. The topological polar surface area (TPSA) is 40.6 Å². The summed E-state index contributed by atoms with van der Waals surface area (Å²) < 4.78 is 13.2. The largest absolute Gasteiger partial charge is 0.342 e. The van der Waals surface area contributed by atoms with Crippen LogP contribution in [0.15, 0.2) is 24.3 Å². The zero-order chi connectivity index (χ0) is 16.4. The van der Waals surface area contributed by atoms with E-state index in [2.05, 4.69) is 0 Å². The third-order valence-electron chi connectivity index (χ3n) is 5.03. The molecule has 0 N–H and O–H groups in total. The van der Waals surface area contributed by atoms with Gasteiger partial charge in [-0.05, 0) is 30.5 Å². The minimum absolute atomic E-state index is 0.0208. The first-order valence-electron chi connectivity index (χ1n) is 8.38. The fraction of sp³-hybridized carbons (Fsp3) is 0.556. The lowest BCUT2D eigenvalue weighted by Crippen LogP contribution is -2.39.